The number of anilines is 1. The van der Waals surface area contributed by atoms with Crippen molar-refractivity contribution >= 4 is 5.69 Å². The van der Waals surface area contributed by atoms with Crippen molar-refractivity contribution in [3.63, 3.8) is 0 Å². The van der Waals surface area contributed by atoms with Crippen LogP contribution in [-0.2, 0) is 6.54 Å². The van der Waals surface area contributed by atoms with E-state index >= 15 is 0 Å². The normalized spacial score (nSPS) is 10.3. The van der Waals surface area contributed by atoms with Crippen LogP contribution in [0.3, 0.4) is 0 Å². The van der Waals surface area contributed by atoms with Crippen molar-refractivity contribution < 1.29 is 9.84 Å². The minimum atomic E-state index is 0.276. The Morgan fingerprint density at radius 1 is 1.05 bits per heavy atom. The zero-order valence-electron chi connectivity index (χ0n) is 11.5. The summed E-state index contributed by atoms with van der Waals surface area (Å²) >= 11 is 0. The summed E-state index contributed by atoms with van der Waals surface area (Å²) in [5.41, 5.74) is 4.31. The predicted molar refractivity (Wildman–Crippen MR) is 77.9 cm³/mol. The summed E-state index contributed by atoms with van der Waals surface area (Å²) in [6.45, 7) is 4.70. The fraction of sp³-hybridized carbons (Fsp3) is 0.250. The molecule has 2 rings (SSSR count). The van der Waals surface area contributed by atoms with Gasteiger partial charge >= 0.3 is 0 Å². The van der Waals surface area contributed by atoms with Crippen LogP contribution in [0.5, 0.6) is 11.5 Å². The first-order valence-corrected chi connectivity index (χ1v) is 6.26. The summed E-state index contributed by atoms with van der Waals surface area (Å²) in [7, 11) is 1.62. The predicted octanol–water partition coefficient (Wildman–Crippen LogP) is 3.63. The molecule has 2 N–H and O–H groups in total. The number of hydrogen-bond donors (Lipinski definition) is 2. The average molecular weight is 257 g/mol. The van der Waals surface area contributed by atoms with Gasteiger partial charge in [-0.1, -0.05) is 6.07 Å². The molecule has 0 heterocycles. The minimum Gasteiger partial charge on any atom is -0.508 e. The largest absolute Gasteiger partial charge is 0.508 e. The van der Waals surface area contributed by atoms with E-state index in [0.29, 0.717) is 6.54 Å². The van der Waals surface area contributed by atoms with Gasteiger partial charge in [-0.25, -0.2) is 0 Å². The highest BCUT2D eigenvalue weighted by Gasteiger charge is 2.03. The molecule has 0 aliphatic carbocycles. The number of benzene rings is 2. The lowest BCUT2D eigenvalue weighted by atomic mass is 10.1. The molecule has 0 aromatic heterocycles. The molecule has 100 valence electrons. The molecule has 2 aromatic carbocycles. The van der Waals surface area contributed by atoms with E-state index in [1.807, 2.05) is 6.07 Å². The Balaban J connectivity index is 2.13. The van der Waals surface area contributed by atoms with E-state index in [-0.39, 0.29) is 5.75 Å². The van der Waals surface area contributed by atoms with E-state index in [2.05, 4.69) is 37.4 Å². The van der Waals surface area contributed by atoms with Crippen LogP contribution >= 0.6 is 0 Å². The molecular weight excluding hydrogens is 238 g/mol. The highest BCUT2D eigenvalue weighted by Crippen LogP contribution is 2.24. The van der Waals surface area contributed by atoms with Gasteiger partial charge in [0.05, 0.1) is 7.11 Å². The number of rotatable bonds is 4. The molecule has 0 aliphatic heterocycles. The molecule has 0 amide bonds. The van der Waals surface area contributed by atoms with E-state index in [1.54, 1.807) is 19.2 Å². The maximum atomic E-state index is 9.82. The van der Waals surface area contributed by atoms with Crippen LogP contribution in [0.1, 0.15) is 16.7 Å². The Bertz CT molecular complexity index is 559. The first kappa shape index (κ1) is 13.3. The Hall–Kier alpha value is -2.16. The fourth-order valence-corrected chi connectivity index (χ4v) is 2.10. The third kappa shape index (κ3) is 3.41. The molecular formula is C16H19NO2. The lowest BCUT2D eigenvalue weighted by Gasteiger charge is -2.11. The number of phenols is 1. The van der Waals surface area contributed by atoms with E-state index < -0.39 is 0 Å². The van der Waals surface area contributed by atoms with E-state index in [1.165, 1.54) is 11.1 Å². The molecule has 0 spiro atoms. The highest BCUT2D eigenvalue weighted by atomic mass is 16.5. The van der Waals surface area contributed by atoms with Crippen molar-refractivity contribution in [1.82, 2.24) is 0 Å². The number of aryl methyl sites for hydroxylation is 2. The topological polar surface area (TPSA) is 41.5 Å². The summed E-state index contributed by atoms with van der Waals surface area (Å²) in [6, 6.07) is 11.5. The molecule has 3 nitrogen and oxygen atoms in total. The van der Waals surface area contributed by atoms with E-state index in [4.69, 9.17) is 4.74 Å². The van der Waals surface area contributed by atoms with Crippen LogP contribution in [-0.4, -0.2) is 12.2 Å². The summed E-state index contributed by atoms with van der Waals surface area (Å²) in [5, 5.41) is 13.1. The van der Waals surface area contributed by atoms with Gasteiger partial charge in [-0.15, -0.1) is 0 Å². The first-order chi connectivity index (χ1) is 9.08. The number of phenolic OH excluding ortho intramolecular Hbond substituents is 1. The van der Waals surface area contributed by atoms with Gasteiger partial charge in [-0.3, -0.25) is 0 Å². The molecule has 0 saturated heterocycles. The quantitative estimate of drug-likeness (QED) is 0.878. The van der Waals surface area contributed by atoms with Crippen molar-refractivity contribution in [2.24, 2.45) is 0 Å². The van der Waals surface area contributed by atoms with Crippen LogP contribution in [0.25, 0.3) is 0 Å². The van der Waals surface area contributed by atoms with Crippen molar-refractivity contribution in [2.75, 3.05) is 12.4 Å². The zero-order valence-corrected chi connectivity index (χ0v) is 11.5. The molecule has 0 fully saturated rings. The maximum absolute atomic E-state index is 9.82. The Morgan fingerprint density at radius 2 is 1.74 bits per heavy atom. The van der Waals surface area contributed by atoms with Gasteiger partial charge in [0.15, 0.2) is 0 Å². The molecule has 0 unspecified atom stereocenters. The first-order valence-electron chi connectivity index (χ1n) is 6.26. The van der Waals surface area contributed by atoms with E-state index in [9.17, 15) is 5.11 Å². The summed E-state index contributed by atoms with van der Waals surface area (Å²) in [5.74, 6) is 1.02. The second-order valence-electron chi connectivity index (χ2n) is 4.72. The molecule has 2 aromatic rings. The van der Waals surface area contributed by atoms with E-state index in [0.717, 1.165) is 17.0 Å². The van der Waals surface area contributed by atoms with Gasteiger partial charge in [0.25, 0.3) is 0 Å². The third-order valence-electron chi connectivity index (χ3n) is 2.99. The lowest BCUT2D eigenvalue weighted by molar-refractivity contribution is 0.411. The molecule has 0 radical (unpaired) electrons. The number of hydrogen-bond acceptors (Lipinski definition) is 3. The van der Waals surface area contributed by atoms with Crippen molar-refractivity contribution in [1.29, 1.82) is 0 Å². The van der Waals surface area contributed by atoms with Gasteiger partial charge in [-0.2, -0.15) is 0 Å². The molecule has 0 saturated carbocycles. The Morgan fingerprint density at radius 3 is 2.37 bits per heavy atom. The Labute approximate surface area is 113 Å². The van der Waals surface area contributed by atoms with Crippen molar-refractivity contribution in [2.45, 2.75) is 20.4 Å². The van der Waals surface area contributed by atoms with Gasteiger partial charge in [0, 0.05) is 17.8 Å². The maximum Gasteiger partial charge on any atom is 0.120 e. The minimum absolute atomic E-state index is 0.276. The number of methoxy groups -OCH3 is 1. The summed E-state index contributed by atoms with van der Waals surface area (Å²) in [6.07, 6.45) is 0. The second-order valence-corrected chi connectivity index (χ2v) is 4.72. The van der Waals surface area contributed by atoms with Crippen LogP contribution in [0, 0.1) is 13.8 Å². The number of nitrogens with one attached hydrogen (secondary N) is 1. The van der Waals surface area contributed by atoms with Gasteiger partial charge in [0.2, 0.25) is 0 Å². The summed E-state index contributed by atoms with van der Waals surface area (Å²) in [4.78, 5) is 0. The number of aromatic hydroxyl groups is 1. The van der Waals surface area contributed by atoms with Crippen molar-refractivity contribution in [3.05, 3.63) is 53.1 Å². The van der Waals surface area contributed by atoms with Crippen LogP contribution < -0.4 is 10.1 Å². The number of ether oxygens (including phenoxy) is 1. The molecule has 0 bridgehead atoms. The Kier molecular flexibility index (Phi) is 3.95. The fourth-order valence-electron chi connectivity index (χ4n) is 2.10. The third-order valence-corrected chi connectivity index (χ3v) is 2.99. The highest BCUT2D eigenvalue weighted by molar-refractivity contribution is 5.50. The van der Waals surface area contributed by atoms with Crippen molar-refractivity contribution in [3.8, 4) is 11.5 Å². The van der Waals surface area contributed by atoms with Crippen LogP contribution in [0.4, 0.5) is 5.69 Å². The molecule has 0 aliphatic rings. The van der Waals surface area contributed by atoms with Gasteiger partial charge < -0.3 is 15.2 Å². The molecule has 3 heteroatoms. The SMILES string of the molecule is COc1ccc(O)c(CNc2cc(C)cc(C)c2)c1. The van der Waals surface area contributed by atoms with Gasteiger partial charge in [-0.05, 0) is 55.3 Å². The average Bonchev–Trinajstić information content (AvgIpc) is 2.37. The standard InChI is InChI=1S/C16H19NO2/c1-11-6-12(2)8-14(7-11)17-10-13-9-15(19-3)4-5-16(13)18/h4-9,17-18H,10H2,1-3H3. The van der Waals surface area contributed by atoms with Crippen LogP contribution in [0.2, 0.25) is 0 Å². The second kappa shape index (κ2) is 5.65. The monoisotopic (exact) mass is 257 g/mol. The smallest absolute Gasteiger partial charge is 0.120 e. The molecule has 0 atom stereocenters. The van der Waals surface area contributed by atoms with Gasteiger partial charge in [0.1, 0.15) is 11.5 Å². The molecule has 19 heavy (non-hydrogen) atoms. The zero-order chi connectivity index (χ0) is 13.8. The lowest BCUT2D eigenvalue weighted by Crippen LogP contribution is -2.00. The summed E-state index contributed by atoms with van der Waals surface area (Å²) < 4.78 is 5.16. The van der Waals surface area contributed by atoms with Crippen LogP contribution in [0.15, 0.2) is 36.4 Å².